The molecule has 2 aromatic carbocycles. The zero-order valence-corrected chi connectivity index (χ0v) is 19.7. The smallest absolute Gasteiger partial charge is 0.306 e. The lowest BCUT2D eigenvalue weighted by Gasteiger charge is -2.22. The number of nitrogens with one attached hydrogen (secondary N) is 1. The third-order valence-electron chi connectivity index (χ3n) is 5.82. The van der Waals surface area contributed by atoms with E-state index in [9.17, 15) is 19.2 Å². The number of carbonyl (C=O) groups is 4. The van der Waals surface area contributed by atoms with E-state index in [2.05, 4.69) is 17.2 Å². The van der Waals surface area contributed by atoms with Crippen LogP contribution >= 0.6 is 0 Å². The highest BCUT2D eigenvalue weighted by Gasteiger charge is 2.23. The maximum Gasteiger partial charge on any atom is 0.306 e. The summed E-state index contributed by atoms with van der Waals surface area (Å²) < 4.78 is 11.2. The first-order chi connectivity index (χ1) is 17.5. The molecule has 36 heavy (non-hydrogen) atoms. The standard InChI is InChI=1S/C28H26N2O6/c31-25(29-15-17-35-18-16-30-26(32)12-13-27(30)33)11-14-28(34)36-24-19-22-7-2-1-5-20(22)9-10-21-6-3-4-8-23(21)24/h1-8,12-13,24H,11,14-19H2,(H,29,31). The van der Waals surface area contributed by atoms with Gasteiger partial charge in [0.15, 0.2) is 0 Å². The molecule has 3 amide bonds. The second-order valence-corrected chi connectivity index (χ2v) is 8.30. The molecular weight excluding hydrogens is 460 g/mol. The summed E-state index contributed by atoms with van der Waals surface area (Å²) >= 11 is 0. The number of hydrogen-bond donors (Lipinski definition) is 1. The number of rotatable bonds is 10. The number of benzene rings is 2. The molecule has 1 unspecified atom stereocenters. The molecule has 0 aromatic heterocycles. The number of hydrogen-bond acceptors (Lipinski definition) is 6. The highest BCUT2D eigenvalue weighted by molar-refractivity contribution is 6.12. The topological polar surface area (TPSA) is 102 Å². The minimum absolute atomic E-state index is 0.00789. The lowest BCUT2D eigenvalue weighted by atomic mass is 9.92. The van der Waals surface area contributed by atoms with Crippen molar-refractivity contribution in [1.82, 2.24) is 10.2 Å². The highest BCUT2D eigenvalue weighted by atomic mass is 16.5. The number of fused-ring (bicyclic) bond motifs is 2. The van der Waals surface area contributed by atoms with E-state index in [1.165, 1.54) is 12.2 Å². The van der Waals surface area contributed by atoms with Crippen LogP contribution in [0.5, 0.6) is 0 Å². The van der Waals surface area contributed by atoms with Gasteiger partial charge < -0.3 is 14.8 Å². The van der Waals surface area contributed by atoms with Gasteiger partial charge in [-0.3, -0.25) is 24.1 Å². The Labute approximate surface area is 209 Å². The molecule has 8 nitrogen and oxygen atoms in total. The molecule has 2 aliphatic rings. The first-order valence-electron chi connectivity index (χ1n) is 11.8. The van der Waals surface area contributed by atoms with Crippen LogP contribution in [0.2, 0.25) is 0 Å². The van der Waals surface area contributed by atoms with Crippen molar-refractivity contribution >= 4 is 23.7 Å². The Morgan fingerprint density at radius 3 is 2.42 bits per heavy atom. The fraction of sp³-hybridized carbons (Fsp3) is 0.286. The maximum atomic E-state index is 12.6. The van der Waals surface area contributed by atoms with Crippen molar-refractivity contribution in [3.8, 4) is 11.8 Å². The molecule has 2 aromatic rings. The van der Waals surface area contributed by atoms with Crippen LogP contribution < -0.4 is 5.32 Å². The largest absolute Gasteiger partial charge is 0.457 e. The number of amides is 3. The molecule has 1 aliphatic heterocycles. The van der Waals surface area contributed by atoms with Crippen LogP contribution in [0.4, 0.5) is 0 Å². The fourth-order valence-electron chi connectivity index (χ4n) is 3.95. The van der Waals surface area contributed by atoms with Crippen LogP contribution in [0.25, 0.3) is 0 Å². The Morgan fingerprint density at radius 2 is 1.61 bits per heavy atom. The van der Waals surface area contributed by atoms with Crippen molar-refractivity contribution in [3.63, 3.8) is 0 Å². The van der Waals surface area contributed by atoms with Crippen molar-refractivity contribution in [2.24, 2.45) is 0 Å². The van der Waals surface area contributed by atoms with Gasteiger partial charge in [0.25, 0.3) is 11.8 Å². The van der Waals surface area contributed by atoms with Crippen LogP contribution in [-0.4, -0.2) is 54.9 Å². The van der Waals surface area contributed by atoms with E-state index in [-0.39, 0.29) is 56.9 Å². The first kappa shape index (κ1) is 24.9. The van der Waals surface area contributed by atoms with Gasteiger partial charge in [-0.25, -0.2) is 0 Å². The molecule has 8 heteroatoms. The predicted molar refractivity (Wildman–Crippen MR) is 130 cm³/mol. The van der Waals surface area contributed by atoms with E-state index < -0.39 is 12.1 Å². The fourth-order valence-corrected chi connectivity index (χ4v) is 3.95. The Bertz CT molecular complexity index is 1240. The van der Waals surface area contributed by atoms with Crippen LogP contribution in [-0.2, 0) is 35.1 Å². The summed E-state index contributed by atoms with van der Waals surface area (Å²) in [5.74, 6) is 4.91. The summed E-state index contributed by atoms with van der Waals surface area (Å²) in [4.78, 5) is 48.7. The van der Waals surface area contributed by atoms with Crippen molar-refractivity contribution in [2.75, 3.05) is 26.3 Å². The lowest BCUT2D eigenvalue weighted by Crippen LogP contribution is -2.34. The van der Waals surface area contributed by atoms with Crippen molar-refractivity contribution < 1.29 is 28.7 Å². The summed E-state index contributed by atoms with van der Waals surface area (Å²) in [7, 11) is 0. The van der Waals surface area contributed by atoms with Gasteiger partial charge in [0.05, 0.1) is 26.2 Å². The minimum Gasteiger partial charge on any atom is -0.457 e. The Hall–Kier alpha value is -4.22. The average molecular weight is 487 g/mol. The summed E-state index contributed by atoms with van der Waals surface area (Å²) in [5, 5.41) is 2.68. The average Bonchev–Trinajstić information content (AvgIpc) is 3.19. The monoisotopic (exact) mass is 486 g/mol. The first-order valence-corrected chi connectivity index (χ1v) is 11.8. The Balaban J connectivity index is 1.20. The van der Waals surface area contributed by atoms with Crippen molar-refractivity contribution in [3.05, 3.63) is 82.9 Å². The van der Waals surface area contributed by atoms with E-state index in [0.29, 0.717) is 6.42 Å². The van der Waals surface area contributed by atoms with Crippen molar-refractivity contribution in [1.29, 1.82) is 0 Å². The summed E-state index contributed by atoms with van der Waals surface area (Å²) in [6, 6.07) is 15.4. The van der Waals surface area contributed by atoms with Gasteiger partial charge in [-0.1, -0.05) is 48.2 Å². The summed E-state index contributed by atoms with van der Waals surface area (Å²) in [5.41, 5.74) is 3.58. The Kier molecular flexibility index (Phi) is 8.27. The second kappa shape index (κ2) is 12.0. The molecular formula is C28H26N2O6. The SMILES string of the molecule is O=C(CCC(=O)OC1Cc2ccccc2C#Cc2ccccc21)NCCOCCN1C(=O)C=CC1=O. The number of imide groups is 1. The quantitative estimate of drug-likeness (QED) is 0.239. The molecule has 0 spiro atoms. The van der Waals surface area contributed by atoms with Gasteiger partial charge in [-0.05, 0) is 17.7 Å². The van der Waals surface area contributed by atoms with E-state index in [1.54, 1.807) is 0 Å². The molecule has 1 atom stereocenters. The number of nitrogens with zero attached hydrogens (tertiary/aromatic N) is 1. The van der Waals surface area contributed by atoms with Gasteiger partial charge in [0.2, 0.25) is 5.91 Å². The van der Waals surface area contributed by atoms with E-state index in [1.807, 2.05) is 48.5 Å². The van der Waals surface area contributed by atoms with Crippen molar-refractivity contribution in [2.45, 2.75) is 25.4 Å². The third kappa shape index (κ3) is 6.46. The molecule has 0 saturated carbocycles. The van der Waals surface area contributed by atoms with Gasteiger partial charge in [-0.15, -0.1) is 0 Å². The molecule has 4 rings (SSSR count). The van der Waals surface area contributed by atoms with E-state index in [0.717, 1.165) is 27.2 Å². The van der Waals surface area contributed by atoms with E-state index in [4.69, 9.17) is 9.47 Å². The normalized spacial score (nSPS) is 15.8. The van der Waals surface area contributed by atoms with Gasteiger partial charge in [0.1, 0.15) is 6.10 Å². The van der Waals surface area contributed by atoms with Gasteiger partial charge >= 0.3 is 5.97 Å². The maximum absolute atomic E-state index is 12.6. The molecule has 1 heterocycles. The summed E-state index contributed by atoms with van der Waals surface area (Å²) in [6.07, 6.45) is 2.39. The molecule has 0 radical (unpaired) electrons. The third-order valence-corrected chi connectivity index (χ3v) is 5.82. The second-order valence-electron chi connectivity index (χ2n) is 8.30. The molecule has 0 saturated heterocycles. The lowest BCUT2D eigenvalue weighted by molar-refractivity contribution is -0.150. The highest BCUT2D eigenvalue weighted by Crippen LogP contribution is 2.28. The van der Waals surface area contributed by atoms with Gasteiger partial charge in [0, 0.05) is 48.2 Å². The van der Waals surface area contributed by atoms with Crippen LogP contribution in [0, 0.1) is 11.8 Å². The number of esters is 1. The zero-order valence-electron chi connectivity index (χ0n) is 19.7. The number of ether oxygens (including phenoxy) is 2. The minimum atomic E-state index is -0.495. The molecule has 0 bridgehead atoms. The number of carbonyl (C=O) groups excluding carboxylic acids is 4. The van der Waals surface area contributed by atoms with Gasteiger partial charge in [-0.2, -0.15) is 0 Å². The molecule has 0 fully saturated rings. The van der Waals surface area contributed by atoms with E-state index >= 15 is 0 Å². The van der Waals surface area contributed by atoms with Crippen LogP contribution in [0.1, 0.15) is 41.2 Å². The zero-order chi connectivity index (χ0) is 25.3. The van der Waals surface area contributed by atoms with Crippen LogP contribution in [0.15, 0.2) is 60.7 Å². The molecule has 1 N–H and O–H groups in total. The van der Waals surface area contributed by atoms with Crippen LogP contribution in [0.3, 0.4) is 0 Å². The molecule has 184 valence electrons. The summed E-state index contributed by atoms with van der Waals surface area (Å²) in [6.45, 7) is 0.807. The predicted octanol–water partition coefficient (Wildman–Crippen LogP) is 2.06. The molecule has 1 aliphatic carbocycles. The Morgan fingerprint density at radius 1 is 0.917 bits per heavy atom.